The Morgan fingerprint density at radius 2 is 1.65 bits per heavy atom. The molecule has 6 nitrogen and oxygen atoms in total. The number of esters is 1. The van der Waals surface area contributed by atoms with Crippen molar-refractivity contribution in [3.8, 4) is 11.5 Å². The zero-order valence-corrected chi connectivity index (χ0v) is 18.3. The number of benzene rings is 3. The van der Waals surface area contributed by atoms with Gasteiger partial charge in [-0.05, 0) is 54.1 Å². The number of rotatable bonds is 8. The summed E-state index contributed by atoms with van der Waals surface area (Å²) in [6.07, 6.45) is 0. The van der Waals surface area contributed by atoms with Crippen molar-refractivity contribution in [3.63, 3.8) is 0 Å². The van der Waals surface area contributed by atoms with E-state index in [9.17, 15) is 4.79 Å². The number of nitrogens with zero attached hydrogens (tertiary/aromatic N) is 2. The van der Waals surface area contributed by atoms with Crippen molar-refractivity contribution in [2.75, 3.05) is 12.4 Å². The minimum Gasteiger partial charge on any atom is -0.465 e. The van der Waals surface area contributed by atoms with Crippen LogP contribution < -0.4 is 10.1 Å². The average Bonchev–Trinajstić information content (AvgIpc) is 3.27. The Kier molecular flexibility index (Phi) is 6.81. The van der Waals surface area contributed by atoms with Crippen LogP contribution in [0.3, 0.4) is 0 Å². The zero-order chi connectivity index (χ0) is 21.5. The highest BCUT2D eigenvalue weighted by Crippen LogP contribution is 2.31. The van der Waals surface area contributed by atoms with Crippen molar-refractivity contribution in [3.05, 3.63) is 90.0 Å². The number of carbonyl (C=O) groups excluding carboxylic acids is 1. The first-order chi connectivity index (χ1) is 15.2. The fraction of sp³-hybridized carbons (Fsp3) is 0.0870. The third-order valence-corrected chi connectivity index (χ3v) is 6.27. The molecule has 4 rings (SSSR count). The molecule has 31 heavy (non-hydrogen) atoms. The van der Waals surface area contributed by atoms with Gasteiger partial charge in [-0.3, -0.25) is 0 Å². The summed E-state index contributed by atoms with van der Waals surface area (Å²) < 4.78 is 11.4. The lowest BCUT2D eigenvalue weighted by Gasteiger charge is -2.06. The average molecular weight is 450 g/mol. The van der Waals surface area contributed by atoms with E-state index in [0.29, 0.717) is 5.56 Å². The number of aromatic nitrogens is 2. The lowest BCUT2D eigenvalue weighted by molar-refractivity contribution is 0.0600. The molecule has 0 aliphatic rings. The normalized spacial score (nSPS) is 10.5. The van der Waals surface area contributed by atoms with Crippen LogP contribution in [0.2, 0.25) is 0 Å². The van der Waals surface area contributed by atoms with Crippen molar-refractivity contribution in [2.45, 2.75) is 10.1 Å². The number of para-hydroxylation sites is 1. The molecule has 0 radical (unpaired) electrons. The van der Waals surface area contributed by atoms with E-state index in [1.54, 1.807) is 23.9 Å². The van der Waals surface area contributed by atoms with Gasteiger partial charge in [0.25, 0.3) is 0 Å². The van der Waals surface area contributed by atoms with E-state index in [1.165, 1.54) is 18.4 Å². The summed E-state index contributed by atoms with van der Waals surface area (Å²) in [5, 5.41) is 12.4. The molecule has 156 valence electrons. The summed E-state index contributed by atoms with van der Waals surface area (Å²) in [7, 11) is 1.38. The largest absolute Gasteiger partial charge is 0.465 e. The van der Waals surface area contributed by atoms with E-state index >= 15 is 0 Å². The second-order valence-electron chi connectivity index (χ2n) is 6.41. The van der Waals surface area contributed by atoms with Gasteiger partial charge >= 0.3 is 5.97 Å². The van der Waals surface area contributed by atoms with Crippen LogP contribution >= 0.6 is 23.1 Å². The SMILES string of the molecule is COC(=O)c1ccc(CSc2nnc(Nc3ccc(Oc4ccccc4)cc3)s2)cc1. The topological polar surface area (TPSA) is 73.3 Å². The number of hydrogen-bond donors (Lipinski definition) is 1. The van der Waals surface area contributed by atoms with E-state index in [1.807, 2.05) is 66.7 Å². The van der Waals surface area contributed by atoms with Gasteiger partial charge in [0.1, 0.15) is 11.5 Å². The van der Waals surface area contributed by atoms with Gasteiger partial charge in [-0.1, -0.05) is 53.4 Å². The molecule has 0 amide bonds. The fourth-order valence-electron chi connectivity index (χ4n) is 2.67. The van der Waals surface area contributed by atoms with Crippen LogP contribution in [0.1, 0.15) is 15.9 Å². The van der Waals surface area contributed by atoms with Gasteiger partial charge in [0.15, 0.2) is 4.34 Å². The molecular formula is C23H19N3O3S2. The maximum Gasteiger partial charge on any atom is 0.337 e. The predicted molar refractivity (Wildman–Crippen MR) is 123 cm³/mol. The van der Waals surface area contributed by atoms with Crippen LogP contribution in [-0.4, -0.2) is 23.3 Å². The van der Waals surface area contributed by atoms with Crippen LogP contribution in [-0.2, 0) is 10.5 Å². The standard InChI is InChI=1S/C23H19N3O3S2/c1-28-21(27)17-9-7-16(8-10-17)15-30-23-26-25-22(31-23)24-18-11-13-20(14-12-18)29-19-5-3-2-4-6-19/h2-14H,15H2,1H3,(H,24,25). The minimum atomic E-state index is -0.335. The Hall–Kier alpha value is -3.36. The Bertz CT molecular complexity index is 1130. The molecule has 0 saturated heterocycles. The van der Waals surface area contributed by atoms with E-state index in [2.05, 4.69) is 15.5 Å². The highest BCUT2D eigenvalue weighted by atomic mass is 32.2. The third-order valence-electron chi connectivity index (χ3n) is 4.23. The minimum absolute atomic E-state index is 0.335. The monoisotopic (exact) mass is 449 g/mol. The van der Waals surface area contributed by atoms with Crippen molar-refractivity contribution in [2.24, 2.45) is 0 Å². The lowest BCUT2D eigenvalue weighted by Crippen LogP contribution is -2.00. The molecule has 1 aromatic heterocycles. The number of carbonyl (C=O) groups is 1. The molecule has 0 aliphatic heterocycles. The summed E-state index contributed by atoms with van der Waals surface area (Å²) in [6.45, 7) is 0. The van der Waals surface area contributed by atoms with Gasteiger partial charge in [-0.15, -0.1) is 10.2 Å². The molecule has 0 aliphatic carbocycles. The second kappa shape index (κ2) is 10.1. The zero-order valence-electron chi connectivity index (χ0n) is 16.6. The quantitative estimate of drug-likeness (QED) is 0.255. The highest BCUT2D eigenvalue weighted by molar-refractivity contribution is 8.00. The van der Waals surface area contributed by atoms with Crippen molar-refractivity contribution < 1.29 is 14.3 Å². The van der Waals surface area contributed by atoms with Crippen LogP contribution in [0.5, 0.6) is 11.5 Å². The van der Waals surface area contributed by atoms with Gasteiger partial charge in [0.05, 0.1) is 12.7 Å². The lowest BCUT2D eigenvalue weighted by atomic mass is 10.1. The maximum absolute atomic E-state index is 11.5. The molecule has 1 N–H and O–H groups in total. The second-order valence-corrected chi connectivity index (χ2v) is 8.61. The molecule has 0 spiro atoms. The first-order valence-electron chi connectivity index (χ1n) is 9.43. The molecule has 0 atom stereocenters. The summed E-state index contributed by atoms with van der Waals surface area (Å²) in [5.41, 5.74) is 2.54. The van der Waals surface area contributed by atoms with E-state index < -0.39 is 0 Å². The predicted octanol–water partition coefficient (Wildman–Crippen LogP) is 6.15. The molecule has 3 aromatic carbocycles. The van der Waals surface area contributed by atoms with Gasteiger partial charge in [0.2, 0.25) is 5.13 Å². The molecule has 0 fully saturated rings. The third kappa shape index (κ3) is 5.84. The Morgan fingerprint density at radius 1 is 0.935 bits per heavy atom. The van der Waals surface area contributed by atoms with Crippen molar-refractivity contribution in [1.82, 2.24) is 10.2 Å². The van der Waals surface area contributed by atoms with Crippen molar-refractivity contribution >= 4 is 39.9 Å². The number of hydrogen-bond acceptors (Lipinski definition) is 8. The molecule has 0 saturated carbocycles. The van der Waals surface area contributed by atoms with E-state index in [4.69, 9.17) is 9.47 Å². The maximum atomic E-state index is 11.5. The number of nitrogens with one attached hydrogen (secondary N) is 1. The van der Waals surface area contributed by atoms with E-state index in [0.717, 1.165) is 38.0 Å². The first-order valence-corrected chi connectivity index (χ1v) is 11.2. The van der Waals surface area contributed by atoms with Crippen LogP contribution in [0.15, 0.2) is 83.2 Å². The Labute approximate surface area is 188 Å². The molecule has 8 heteroatoms. The smallest absolute Gasteiger partial charge is 0.337 e. The van der Waals surface area contributed by atoms with Gasteiger partial charge in [-0.25, -0.2) is 4.79 Å². The van der Waals surface area contributed by atoms with Gasteiger partial charge < -0.3 is 14.8 Å². The molecule has 4 aromatic rings. The van der Waals surface area contributed by atoms with Crippen molar-refractivity contribution in [1.29, 1.82) is 0 Å². The Balaban J connectivity index is 1.30. The van der Waals surface area contributed by atoms with Crippen LogP contribution in [0.4, 0.5) is 10.8 Å². The highest BCUT2D eigenvalue weighted by Gasteiger charge is 2.08. The summed E-state index contributed by atoms with van der Waals surface area (Å²) in [4.78, 5) is 11.5. The first kappa shape index (κ1) is 20.9. The van der Waals surface area contributed by atoms with Crippen LogP contribution in [0, 0.1) is 0 Å². The van der Waals surface area contributed by atoms with Gasteiger partial charge in [-0.2, -0.15) is 0 Å². The summed E-state index contributed by atoms with van der Waals surface area (Å²) in [5.74, 6) is 1.97. The number of ether oxygens (including phenoxy) is 2. The summed E-state index contributed by atoms with van der Waals surface area (Å²) in [6, 6.07) is 24.7. The number of methoxy groups -OCH3 is 1. The van der Waals surface area contributed by atoms with E-state index in [-0.39, 0.29) is 5.97 Å². The number of thioether (sulfide) groups is 1. The molecule has 0 unspecified atom stereocenters. The summed E-state index contributed by atoms with van der Waals surface area (Å²) >= 11 is 3.09. The Morgan fingerprint density at radius 3 is 2.35 bits per heavy atom. The number of anilines is 2. The molecular weight excluding hydrogens is 430 g/mol. The molecule has 1 heterocycles. The molecule has 0 bridgehead atoms. The van der Waals surface area contributed by atoms with Gasteiger partial charge in [0, 0.05) is 11.4 Å². The fourth-order valence-corrected chi connectivity index (χ4v) is 4.40. The van der Waals surface area contributed by atoms with Crippen LogP contribution in [0.25, 0.3) is 0 Å².